The first-order chi connectivity index (χ1) is 13.2. The molecule has 28 heavy (non-hydrogen) atoms. The van der Waals surface area contributed by atoms with Crippen molar-refractivity contribution >= 4 is 39.8 Å². The first-order valence-corrected chi connectivity index (χ1v) is 9.19. The van der Waals surface area contributed by atoms with Crippen molar-refractivity contribution in [3.8, 4) is 0 Å². The quantitative estimate of drug-likeness (QED) is 0.521. The third-order valence-electron chi connectivity index (χ3n) is 3.57. The van der Waals surface area contributed by atoms with Gasteiger partial charge in [0, 0.05) is 16.8 Å². The summed E-state index contributed by atoms with van der Waals surface area (Å²) in [6.45, 7) is 1.20. The number of hydrogen-bond acceptors (Lipinski definition) is 5. The molecule has 1 heterocycles. The Balaban J connectivity index is 0.000000409. The highest BCUT2D eigenvalue weighted by Gasteiger charge is 2.14. The summed E-state index contributed by atoms with van der Waals surface area (Å²) >= 11 is 0. The van der Waals surface area contributed by atoms with Crippen LogP contribution < -0.4 is 4.90 Å². The molecule has 2 aromatic carbocycles. The Morgan fingerprint density at radius 1 is 1.11 bits per heavy atom. The first kappa shape index (κ1) is 21.1. The number of hydrogen-bond donors (Lipinski definition) is 4. The van der Waals surface area contributed by atoms with Crippen LogP contribution >= 0.6 is 0 Å². The molecule has 2 atom stereocenters. The van der Waals surface area contributed by atoms with Gasteiger partial charge < -0.3 is 20.3 Å². The zero-order chi connectivity index (χ0) is 20.8. The van der Waals surface area contributed by atoms with Crippen LogP contribution in [0.15, 0.2) is 58.3 Å². The number of carbonyl (C=O) groups is 2. The third-order valence-corrected chi connectivity index (χ3v) is 4.96. The van der Waals surface area contributed by atoms with Crippen molar-refractivity contribution in [2.45, 2.75) is 22.8 Å². The topological polar surface area (TPSA) is 144 Å². The predicted molar refractivity (Wildman–Crippen MR) is 103 cm³/mol. The molecular formula is C18H19N3O6S. The van der Waals surface area contributed by atoms with Crippen LogP contribution in [-0.4, -0.2) is 54.7 Å². The number of nitrogens with zero attached hydrogens (tertiary/aromatic N) is 2. The second-order valence-electron chi connectivity index (χ2n) is 5.68. The average molecular weight is 405 g/mol. The number of carboxylic acid groups (broad SMARTS) is 2. The summed E-state index contributed by atoms with van der Waals surface area (Å²) in [4.78, 5) is 29.9. The molecule has 0 aliphatic carbocycles. The lowest BCUT2D eigenvalue weighted by molar-refractivity contribution is -0.145. The van der Waals surface area contributed by atoms with Crippen molar-refractivity contribution in [2.75, 3.05) is 11.9 Å². The van der Waals surface area contributed by atoms with Gasteiger partial charge >= 0.3 is 12.1 Å². The van der Waals surface area contributed by atoms with Gasteiger partial charge in [-0.05, 0) is 37.3 Å². The largest absolute Gasteiger partial charge is 0.479 e. The van der Waals surface area contributed by atoms with E-state index in [1.807, 2.05) is 18.2 Å². The van der Waals surface area contributed by atoms with Gasteiger partial charge in [-0.2, -0.15) is 0 Å². The van der Waals surface area contributed by atoms with Crippen LogP contribution in [0.5, 0.6) is 0 Å². The summed E-state index contributed by atoms with van der Waals surface area (Å²) in [6, 6.07) is 14.3. The fourth-order valence-corrected chi connectivity index (χ4v) is 3.11. The van der Waals surface area contributed by atoms with Gasteiger partial charge in [0.15, 0.2) is 0 Å². The lowest BCUT2D eigenvalue weighted by Crippen LogP contribution is -2.24. The molecule has 1 aromatic heterocycles. The molecule has 3 rings (SSSR count). The van der Waals surface area contributed by atoms with Gasteiger partial charge in [0.1, 0.15) is 6.10 Å². The number of aromatic amines is 1. The van der Waals surface area contributed by atoms with Crippen molar-refractivity contribution in [3.05, 3.63) is 48.5 Å². The Labute approximate surface area is 162 Å². The number of anilines is 1. The van der Waals surface area contributed by atoms with Crippen LogP contribution in [0.25, 0.3) is 11.0 Å². The Morgan fingerprint density at radius 2 is 1.71 bits per heavy atom. The Kier molecular flexibility index (Phi) is 6.85. The summed E-state index contributed by atoms with van der Waals surface area (Å²) in [7, 11) is 0.115. The number of benzene rings is 2. The molecule has 0 fully saturated rings. The van der Waals surface area contributed by atoms with E-state index in [1.54, 1.807) is 30.3 Å². The van der Waals surface area contributed by atoms with Crippen molar-refractivity contribution < 1.29 is 29.1 Å². The number of aliphatic carboxylic acids is 1. The maximum Gasteiger partial charge on any atom is 0.413 e. The zero-order valence-corrected chi connectivity index (χ0v) is 15.9. The lowest BCUT2D eigenvalue weighted by atomic mass is 10.3. The highest BCUT2D eigenvalue weighted by Crippen LogP contribution is 2.22. The number of aliphatic hydroxyl groups is 1. The van der Waals surface area contributed by atoms with Gasteiger partial charge in [-0.3, -0.25) is 4.90 Å². The molecular weight excluding hydrogens is 386 g/mol. The van der Waals surface area contributed by atoms with E-state index in [2.05, 4.69) is 9.97 Å². The van der Waals surface area contributed by atoms with E-state index in [4.69, 9.17) is 15.3 Å². The number of carboxylic acids is 1. The molecule has 0 aliphatic rings. The van der Waals surface area contributed by atoms with E-state index in [1.165, 1.54) is 14.0 Å². The van der Waals surface area contributed by atoms with Crippen molar-refractivity contribution in [2.24, 2.45) is 0 Å². The number of amides is 1. The minimum absolute atomic E-state index is 0.227. The summed E-state index contributed by atoms with van der Waals surface area (Å²) in [5.74, 6) is -0.958. The number of fused-ring (bicyclic) bond motifs is 1. The van der Waals surface area contributed by atoms with E-state index < -0.39 is 29.0 Å². The second kappa shape index (κ2) is 9.11. The Bertz CT molecular complexity index is 1000. The van der Waals surface area contributed by atoms with Gasteiger partial charge in [0.2, 0.25) is 5.95 Å². The zero-order valence-electron chi connectivity index (χ0n) is 15.1. The van der Waals surface area contributed by atoms with E-state index >= 15 is 0 Å². The van der Waals surface area contributed by atoms with E-state index in [9.17, 15) is 13.8 Å². The molecule has 2 unspecified atom stereocenters. The molecule has 3 aromatic rings. The van der Waals surface area contributed by atoms with Crippen LogP contribution in [0.3, 0.4) is 0 Å². The third kappa shape index (κ3) is 5.15. The van der Waals surface area contributed by atoms with Crippen LogP contribution in [0.1, 0.15) is 6.92 Å². The summed E-state index contributed by atoms with van der Waals surface area (Å²) in [5, 5.41) is 24.7. The minimum atomic E-state index is -1.29. The van der Waals surface area contributed by atoms with E-state index in [0.29, 0.717) is 20.8 Å². The monoisotopic (exact) mass is 405 g/mol. The highest BCUT2D eigenvalue weighted by atomic mass is 32.2. The number of imidazole rings is 1. The van der Waals surface area contributed by atoms with Gasteiger partial charge in [-0.25, -0.2) is 18.8 Å². The Hall–Kier alpha value is -3.24. The molecule has 0 radical (unpaired) electrons. The normalized spacial score (nSPS) is 12.5. The SMILES string of the molecule is CC(O)C(=O)O.CN(C(=O)O)c1nc2ccc(S(=O)c3ccccc3)cc2[nH]1. The minimum Gasteiger partial charge on any atom is -0.479 e. The molecule has 9 nitrogen and oxygen atoms in total. The lowest BCUT2D eigenvalue weighted by Gasteiger charge is -2.07. The van der Waals surface area contributed by atoms with Crippen LogP contribution in [0, 0.1) is 0 Å². The maximum atomic E-state index is 12.5. The number of aliphatic hydroxyl groups excluding tert-OH is 1. The van der Waals surface area contributed by atoms with Gasteiger partial charge in [-0.1, -0.05) is 18.2 Å². The average Bonchev–Trinajstić information content (AvgIpc) is 3.11. The molecule has 4 N–H and O–H groups in total. The van der Waals surface area contributed by atoms with Crippen LogP contribution in [0.4, 0.5) is 10.7 Å². The number of rotatable bonds is 4. The number of nitrogens with one attached hydrogen (secondary N) is 1. The summed E-state index contributed by atoms with van der Waals surface area (Å²) in [6.07, 6.45) is -2.34. The molecule has 148 valence electrons. The number of aromatic nitrogens is 2. The van der Waals surface area contributed by atoms with Crippen molar-refractivity contribution in [1.82, 2.24) is 9.97 Å². The van der Waals surface area contributed by atoms with E-state index in [0.717, 1.165) is 4.90 Å². The second-order valence-corrected chi connectivity index (χ2v) is 7.16. The summed E-state index contributed by atoms with van der Waals surface area (Å²) in [5.41, 5.74) is 1.27. The smallest absolute Gasteiger partial charge is 0.413 e. The molecule has 0 aliphatic heterocycles. The number of H-pyrrole nitrogens is 1. The van der Waals surface area contributed by atoms with Crippen molar-refractivity contribution in [1.29, 1.82) is 0 Å². The molecule has 0 spiro atoms. The molecule has 1 amide bonds. The van der Waals surface area contributed by atoms with Gasteiger partial charge in [0.25, 0.3) is 0 Å². The fourth-order valence-electron chi connectivity index (χ4n) is 2.02. The maximum absolute atomic E-state index is 12.5. The standard InChI is InChI=1S/C15H13N3O3S.C3H6O3/c1-18(15(19)20)14-16-12-8-7-11(9-13(12)17-14)22(21)10-5-3-2-4-6-10;1-2(4)3(5)6/h2-9H,1H3,(H,16,17)(H,19,20);2,4H,1H3,(H,5,6). The fraction of sp³-hybridized carbons (Fsp3) is 0.167. The van der Waals surface area contributed by atoms with E-state index in [-0.39, 0.29) is 5.95 Å². The molecule has 0 saturated carbocycles. The molecule has 0 bridgehead atoms. The van der Waals surface area contributed by atoms with Crippen LogP contribution in [0.2, 0.25) is 0 Å². The van der Waals surface area contributed by atoms with Crippen LogP contribution in [-0.2, 0) is 15.6 Å². The Morgan fingerprint density at radius 3 is 2.25 bits per heavy atom. The predicted octanol–water partition coefficient (Wildman–Crippen LogP) is 2.30. The first-order valence-electron chi connectivity index (χ1n) is 8.04. The van der Waals surface area contributed by atoms with Crippen molar-refractivity contribution in [3.63, 3.8) is 0 Å². The van der Waals surface area contributed by atoms with Gasteiger partial charge in [-0.15, -0.1) is 0 Å². The molecule has 0 saturated heterocycles. The van der Waals surface area contributed by atoms with Gasteiger partial charge in [0.05, 0.1) is 21.8 Å². The molecule has 10 heteroatoms. The summed E-state index contributed by atoms with van der Waals surface area (Å²) < 4.78 is 12.5. The highest BCUT2D eigenvalue weighted by molar-refractivity contribution is 7.85.